The Labute approximate surface area is 184 Å². The van der Waals surface area contributed by atoms with Gasteiger partial charge in [0.15, 0.2) is 0 Å². The predicted molar refractivity (Wildman–Crippen MR) is 109 cm³/mol. The molecule has 0 bridgehead atoms. The van der Waals surface area contributed by atoms with Gasteiger partial charge in [0.2, 0.25) is 0 Å². The summed E-state index contributed by atoms with van der Waals surface area (Å²) in [6.45, 7) is 6.53. The van der Waals surface area contributed by atoms with Gasteiger partial charge in [-0.15, -0.1) is 0 Å². The number of ether oxygens (including phenoxy) is 2. The van der Waals surface area contributed by atoms with Crippen LogP contribution in [0.3, 0.4) is 0 Å². The fraction of sp³-hybridized carbons (Fsp3) is 0.273. The van der Waals surface area contributed by atoms with E-state index in [4.69, 9.17) is 0 Å². The molecule has 10 heteroatoms. The highest BCUT2D eigenvalue weighted by Crippen LogP contribution is 2.05. The SMILES string of the molecule is CC(C)OC(=O)OOC(=O)OC(C)C.O=C(OOC(=O)c1ccccc1)c1ccccc1. The van der Waals surface area contributed by atoms with Crippen molar-refractivity contribution in [2.45, 2.75) is 39.9 Å². The molecule has 0 atom stereocenters. The van der Waals surface area contributed by atoms with E-state index >= 15 is 0 Å². The van der Waals surface area contributed by atoms with E-state index in [1.165, 1.54) is 0 Å². The van der Waals surface area contributed by atoms with Crippen molar-refractivity contribution >= 4 is 24.2 Å². The van der Waals surface area contributed by atoms with Gasteiger partial charge in [-0.1, -0.05) is 36.4 Å². The lowest BCUT2D eigenvalue weighted by molar-refractivity contribution is -0.222. The molecule has 0 radical (unpaired) electrons. The van der Waals surface area contributed by atoms with E-state index in [9.17, 15) is 19.2 Å². The van der Waals surface area contributed by atoms with Gasteiger partial charge >= 0.3 is 24.2 Å². The minimum atomic E-state index is -1.08. The van der Waals surface area contributed by atoms with Crippen molar-refractivity contribution in [3.63, 3.8) is 0 Å². The number of carbonyl (C=O) groups is 4. The van der Waals surface area contributed by atoms with Crippen molar-refractivity contribution in [3.05, 3.63) is 71.8 Å². The van der Waals surface area contributed by atoms with E-state index in [1.807, 2.05) is 0 Å². The molecule has 0 saturated carbocycles. The molecule has 0 aliphatic heterocycles. The van der Waals surface area contributed by atoms with Gasteiger partial charge in [0.25, 0.3) is 0 Å². The predicted octanol–water partition coefficient (Wildman–Crippen LogP) is 4.64. The van der Waals surface area contributed by atoms with Crippen LogP contribution in [0.4, 0.5) is 9.59 Å². The number of rotatable bonds is 4. The molecule has 0 fully saturated rings. The highest BCUT2D eigenvalue weighted by Gasteiger charge is 2.14. The van der Waals surface area contributed by atoms with Crippen LogP contribution < -0.4 is 0 Å². The van der Waals surface area contributed by atoms with Gasteiger partial charge in [0.05, 0.1) is 23.3 Å². The van der Waals surface area contributed by atoms with Gasteiger partial charge in [-0.2, -0.15) is 19.4 Å². The number of benzene rings is 2. The highest BCUT2D eigenvalue weighted by molar-refractivity contribution is 5.92. The van der Waals surface area contributed by atoms with E-state index in [1.54, 1.807) is 88.4 Å². The zero-order valence-corrected chi connectivity index (χ0v) is 18.0. The topological polar surface area (TPSA) is 124 Å². The zero-order chi connectivity index (χ0) is 23.9. The van der Waals surface area contributed by atoms with Crippen molar-refractivity contribution in [1.29, 1.82) is 0 Å². The van der Waals surface area contributed by atoms with Gasteiger partial charge < -0.3 is 9.47 Å². The summed E-state index contributed by atoms with van der Waals surface area (Å²) in [6.07, 6.45) is -2.85. The third kappa shape index (κ3) is 11.2. The highest BCUT2D eigenvalue weighted by atomic mass is 17.3. The Bertz CT molecular complexity index is 789. The van der Waals surface area contributed by atoms with Crippen LogP contribution in [0.1, 0.15) is 48.4 Å². The molecular formula is C22H24O10. The molecule has 0 aromatic heterocycles. The minimum absolute atomic E-state index is 0.318. The quantitative estimate of drug-likeness (QED) is 0.371. The molecule has 0 aliphatic carbocycles. The molecule has 172 valence electrons. The third-order valence-electron chi connectivity index (χ3n) is 3.05. The summed E-state index contributed by atoms with van der Waals surface area (Å²) in [5.74, 6) is -1.42. The molecule has 10 nitrogen and oxygen atoms in total. The molecule has 0 aliphatic rings. The van der Waals surface area contributed by atoms with Crippen LogP contribution >= 0.6 is 0 Å². The molecule has 2 aromatic carbocycles. The van der Waals surface area contributed by atoms with Crippen LogP contribution in [0.5, 0.6) is 0 Å². The van der Waals surface area contributed by atoms with Crippen LogP contribution in [0, 0.1) is 0 Å². The van der Waals surface area contributed by atoms with Crippen molar-refractivity contribution in [2.75, 3.05) is 0 Å². The second-order valence-electron chi connectivity index (χ2n) is 6.47. The lowest BCUT2D eigenvalue weighted by atomic mass is 10.2. The van der Waals surface area contributed by atoms with Crippen molar-refractivity contribution in [3.8, 4) is 0 Å². The van der Waals surface area contributed by atoms with Gasteiger partial charge in [-0.25, -0.2) is 19.4 Å². The van der Waals surface area contributed by atoms with Crippen molar-refractivity contribution < 1.29 is 48.2 Å². The largest absolute Gasteiger partial charge is 0.550 e. The Morgan fingerprint density at radius 2 is 0.844 bits per heavy atom. The monoisotopic (exact) mass is 448 g/mol. The Morgan fingerprint density at radius 1 is 0.531 bits per heavy atom. The second-order valence-corrected chi connectivity index (χ2v) is 6.47. The fourth-order valence-corrected chi connectivity index (χ4v) is 1.81. The van der Waals surface area contributed by atoms with E-state index in [0.29, 0.717) is 11.1 Å². The van der Waals surface area contributed by atoms with Gasteiger partial charge in [0, 0.05) is 0 Å². The average molecular weight is 448 g/mol. The van der Waals surface area contributed by atoms with Crippen LogP contribution in [-0.4, -0.2) is 36.5 Å². The van der Waals surface area contributed by atoms with E-state index < -0.39 is 24.2 Å². The maximum atomic E-state index is 11.5. The summed E-state index contributed by atoms with van der Waals surface area (Å²) in [5, 5.41) is 0. The van der Waals surface area contributed by atoms with Crippen LogP contribution in [0.25, 0.3) is 0 Å². The molecule has 0 amide bonds. The number of carbonyl (C=O) groups excluding carboxylic acids is 4. The van der Waals surface area contributed by atoms with Crippen LogP contribution in [0.2, 0.25) is 0 Å². The second kappa shape index (κ2) is 14.0. The average Bonchev–Trinajstić information content (AvgIpc) is 2.76. The zero-order valence-electron chi connectivity index (χ0n) is 18.0. The molecule has 2 rings (SSSR count). The normalized spacial score (nSPS) is 9.69. The molecular weight excluding hydrogens is 424 g/mol. The van der Waals surface area contributed by atoms with Gasteiger partial charge in [-0.05, 0) is 52.0 Å². The Balaban J connectivity index is 0.000000333. The fourth-order valence-electron chi connectivity index (χ4n) is 1.81. The molecule has 0 unspecified atom stereocenters. The summed E-state index contributed by atoms with van der Waals surface area (Å²) >= 11 is 0. The molecule has 2 aromatic rings. The summed E-state index contributed by atoms with van der Waals surface area (Å²) in [5.41, 5.74) is 0.636. The molecule has 0 spiro atoms. The van der Waals surface area contributed by atoms with Crippen LogP contribution in [0.15, 0.2) is 60.7 Å². The third-order valence-corrected chi connectivity index (χ3v) is 3.05. The summed E-state index contributed by atoms with van der Waals surface area (Å²) in [7, 11) is 0. The summed E-state index contributed by atoms with van der Waals surface area (Å²) in [4.78, 5) is 61.2. The maximum Gasteiger partial charge on any atom is 0.550 e. The Kier molecular flexibility index (Phi) is 11.4. The Hall–Kier alpha value is -4.08. The van der Waals surface area contributed by atoms with Crippen molar-refractivity contribution in [2.24, 2.45) is 0 Å². The molecule has 0 heterocycles. The number of hydrogen-bond donors (Lipinski definition) is 0. The van der Waals surface area contributed by atoms with Crippen LogP contribution in [-0.2, 0) is 29.0 Å². The standard InChI is InChI=1S/C14H10O4.C8H14O6/c15-13(11-7-3-1-4-8-11)17-18-14(16)12-9-5-2-6-10-12;1-5(2)11-7(9)13-14-8(10)12-6(3)4/h1-10H;5-6H,1-4H3. The first-order chi connectivity index (χ1) is 15.2. The first kappa shape index (κ1) is 26.0. The first-order valence-electron chi connectivity index (χ1n) is 9.48. The molecule has 32 heavy (non-hydrogen) atoms. The lowest BCUT2D eigenvalue weighted by Gasteiger charge is -2.08. The summed E-state index contributed by atoms with van der Waals surface area (Å²) in [6, 6.07) is 16.6. The summed E-state index contributed by atoms with van der Waals surface area (Å²) < 4.78 is 9.02. The van der Waals surface area contributed by atoms with E-state index in [-0.39, 0.29) is 12.2 Å². The van der Waals surface area contributed by atoms with Gasteiger partial charge in [0.1, 0.15) is 0 Å². The Morgan fingerprint density at radius 3 is 1.12 bits per heavy atom. The molecule has 0 saturated heterocycles. The number of hydrogen-bond acceptors (Lipinski definition) is 10. The minimum Gasteiger partial charge on any atom is -0.429 e. The maximum absolute atomic E-state index is 11.5. The van der Waals surface area contributed by atoms with E-state index in [2.05, 4.69) is 29.0 Å². The smallest absolute Gasteiger partial charge is 0.429 e. The van der Waals surface area contributed by atoms with E-state index in [0.717, 1.165) is 0 Å². The lowest BCUT2D eigenvalue weighted by Crippen LogP contribution is -2.18. The molecule has 0 N–H and O–H groups in total. The van der Waals surface area contributed by atoms with Gasteiger partial charge in [-0.3, -0.25) is 0 Å². The first-order valence-corrected chi connectivity index (χ1v) is 9.48. The van der Waals surface area contributed by atoms with Crippen molar-refractivity contribution in [1.82, 2.24) is 0 Å².